The summed E-state index contributed by atoms with van der Waals surface area (Å²) in [5.41, 5.74) is 2.75. The number of alkyl halides is 3. The number of hydrogen-bond donors (Lipinski definition) is 2. The summed E-state index contributed by atoms with van der Waals surface area (Å²) in [6.07, 6.45) is -4.72. The van der Waals surface area contributed by atoms with Gasteiger partial charge in [0.05, 0.1) is 5.56 Å². The molecule has 1 amide bonds. The maximum Gasteiger partial charge on any atom is 0.417 e. The van der Waals surface area contributed by atoms with E-state index in [2.05, 4.69) is 15.4 Å². The van der Waals surface area contributed by atoms with Gasteiger partial charge in [-0.05, 0) is 34.4 Å². The number of ether oxygens (including phenoxy) is 1. The molecule has 172 valence electrons. The highest BCUT2D eigenvalue weighted by molar-refractivity contribution is 5.84. The van der Waals surface area contributed by atoms with Crippen molar-refractivity contribution in [2.24, 2.45) is 0 Å². The Morgan fingerprint density at radius 3 is 2.26 bits per heavy atom. The molecule has 1 aliphatic carbocycles. The first-order valence-electron chi connectivity index (χ1n) is 10.3. The molecule has 0 spiro atoms. The second-order valence-electron chi connectivity index (χ2n) is 7.69. The van der Waals surface area contributed by atoms with Crippen LogP contribution >= 0.6 is 0 Å². The molecule has 0 radical (unpaired) electrons. The predicted molar refractivity (Wildman–Crippen MR) is 118 cm³/mol. The molecule has 34 heavy (non-hydrogen) atoms. The van der Waals surface area contributed by atoms with Crippen LogP contribution in [-0.2, 0) is 10.9 Å². The topological polar surface area (TPSA) is 89.0 Å². The first-order chi connectivity index (χ1) is 16.3. The number of carbonyl (C=O) groups excluding carboxylic acids is 1. The van der Waals surface area contributed by atoms with Crippen LogP contribution < -0.4 is 10.9 Å². The quantitative estimate of drug-likeness (QED) is 0.446. The van der Waals surface area contributed by atoms with Gasteiger partial charge in [0.15, 0.2) is 5.82 Å². The van der Waals surface area contributed by atoms with Crippen molar-refractivity contribution in [3.05, 3.63) is 100.0 Å². The maximum atomic E-state index is 12.8. The molecule has 0 aliphatic heterocycles. The molecule has 2 aromatic heterocycles. The van der Waals surface area contributed by atoms with Crippen LogP contribution in [0.1, 0.15) is 22.6 Å². The molecule has 0 fully saturated rings. The molecular formula is C24H17F3N4O3. The molecule has 0 atom stereocenters. The van der Waals surface area contributed by atoms with Crippen molar-refractivity contribution in [3.63, 3.8) is 0 Å². The Balaban J connectivity index is 1.32. The fraction of sp³-hybridized carbons (Fsp3) is 0.125. The Bertz CT molecular complexity index is 1380. The van der Waals surface area contributed by atoms with E-state index >= 15 is 0 Å². The Hall–Kier alpha value is -4.34. The lowest BCUT2D eigenvalue weighted by molar-refractivity contribution is -0.137. The predicted octanol–water partition coefficient (Wildman–Crippen LogP) is 4.94. The van der Waals surface area contributed by atoms with Gasteiger partial charge in [-0.25, -0.2) is 14.5 Å². The molecule has 4 aromatic rings. The number of nitrogens with zero attached hydrogens (tertiary/aromatic N) is 2. The van der Waals surface area contributed by atoms with Crippen LogP contribution in [0.25, 0.3) is 16.9 Å². The SMILES string of the molecule is O=C(Nc1cc(=O)[nH]n1-c1ccc(C(F)(F)F)cn1)OCC1c2ccccc2-c2ccccc21. The van der Waals surface area contributed by atoms with E-state index in [0.717, 1.165) is 45.1 Å². The number of nitrogens with one attached hydrogen (secondary N) is 2. The molecule has 0 unspecified atom stereocenters. The highest BCUT2D eigenvalue weighted by Gasteiger charge is 2.31. The van der Waals surface area contributed by atoms with E-state index in [1.165, 1.54) is 0 Å². The van der Waals surface area contributed by atoms with Crippen molar-refractivity contribution in [2.45, 2.75) is 12.1 Å². The molecule has 0 saturated carbocycles. The molecule has 5 rings (SSSR count). The number of aromatic amines is 1. The molecule has 0 saturated heterocycles. The molecule has 2 aromatic carbocycles. The Morgan fingerprint density at radius 1 is 1.03 bits per heavy atom. The molecular weight excluding hydrogens is 449 g/mol. The van der Waals surface area contributed by atoms with Crippen molar-refractivity contribution in [1.29, 1.82) is 0 Å². The summed E-state index contributed by atoms with van der Waals surface area (Å²) in [5.74, 6) is -0.179. The fourth-order valence-corrected chi connectivity index (χ4v) is 4.09. The van der Waals surface area contributed by atoms with E-state index in [1.807, 2.05) is 48.5 Å². The average Bonchev–Trinajstić information content (AvgIpc) is 3.34. The molecule has 10 heteroatoms. The number of carbonyl (C=O) groups is 1. The van der Waals surface area contributed by atoms with Gasteiger partial charge in [0, 0.05) is 18.2 Å². The minimum Gasteiger partial charge on any atom is -0.448 e. The van der Waals surface area contributed by atoms with Gasteiger partial charge in [0.1, 0.15) is 12.4 Å². The number of benzene rings is 2. The number of pyridine rings is 1. The van der Waals surface area contributed by atoms with Gasteiger partial charge in [-0.1, -0.05) is 48.5 Å². The molecule has 1 aliphatic rings. The van der Waals surface area contributed by atoms with Gasteiger partial charge in [0.2, 0.25) is 0 Å². The summed E-state index contributed by atoms with van der Waals surface area (Å²) < 4.78 is 44.9. The fourth-order valence-electron chi connectivity index (χ4n) is 4.09. The highest BCUT2D eigenvalue weighted by Crippen LogP contribution is 2.44. The van der Waals surface area contributed by atoms with Gasteiger partial charge in [-0.2, -0.15) is 13.2 Å². The third-order valence-electron chi connectivity index (χ3n) is 5.61. The largest absolute Gasteiger partial charge is 0.448 e. The first kappa shape index (κ1) is 21.5. The van der Waals surface area contributed by atoms with Crippen LogP contribution in [0.3, 0.4) is 0 Å². The standard InChI is InChI=1S/C24H17F3N4O3/c25-24(26,27)14-9-10-20(28-12-14)31-21(11-22(32)30-31)29-23(33)34-13-19-17-7-3-1-5-15(17)16-6-2-4-8-18(16)19/h1-12,19H,13H2,(H,29,33)(H,30,32). The normalized spacial score (nSPS) is 12.8. The Labute approximate surface area is 190 Å². The third-order valence-corrected chi connectivity index (χ3v) is 5.61. The number of hydrogen-bond acceptors (Lipinski definition) is 4. The van der Waals surface area contributed by atoms with E-state index in [-0.39, 0.29) is 24.2 Å². The third kappa shape index (κ3) is 3.94. The molecule has 0 bridgehead atoms. The number of halogens is 3. The lowest BCUT2D eigenvalue weighted by atomic mass is 9.98. The van der Waals surface area contributed by atoms with E-state index in [1.54, 1.807) is 0 Å². The lowest BCUT2D eigenvalue weighted by Crippen LogP contribution is -2.20. The zero-order valence-electron chi connectivity index (χ0n) is 17.5. The number of rotatable bonds is 4. The van der Waals surface area contributed by atoms with Crippen LogP contribution in [0.15, 0.2) is 77.7 Å². The zero-order chi connectivity index (χ0) is 23.9. The maximum absolute atomic E-state index is 12.8. The van der Waals surface area contributed by atoms with E-state index in [4.69, 9.17) is 4.74 Å². The van der Waals surface area contributed by atoms with E-state index in [0.29, 0.717) is 6.20 Å². The van der Waals surface area contributed by atoms with Gasteiger partial charge < -0.3 is 4.74 Å². The van der Waals surface area contributed by atoms with Gasteiger partial charge in [-0.15, -0.1) is 0 Å². The number of fused-ring (bicyclic) bond motifs is 3. The Morgan fingerprint density at radius 2 is 1.68 bits per heavy atom. The average molecular weight is 466 g/mol. The Kier molecular flexibility index (Phi) is 5.20. The van der Waals surface area contributed by atoms with Crippen LogP contribution in [0.5, 0.6) is 0 Å². The first-order valence-corrected chi connectivity index (χ1v) is 10.3. The lowest BCUT2D eigenvalue weighted by Gasteiger charge is -2.15. The van der Waals surface area contributed by atoms with Crippen LogP contribution in [0.2, 0.25) is 0 Å². The minimum absolute atomic E-state index is 0.0101. The second-order valence-corrected chi connectivity index (χ2v) is 7.69. The monoisotopic (exact) mass is 466 g/mol. The molecule has 2 N–H and O–H groups in total. The smallest absolute Gasteiger partial charge is 0.417 e. The van der Waals surface area contributed by atoms with Crippen molar-refractivity contribution < 1.29 is 22.7 Å². The van der Waals surface area contributed by atoms with Gasteiger partial charge in [0.25, 0.3) is 5.56 Å². The summed E-state index contributed by atoms with van der Waals surface area (Å²) in [5, 5.41) is 4.85. The highest BCUT2D eigenvalue weighted by atomic mass is 19.4. The summed E-state index contributed by atoms with van der Waals surface area (Å²) in [6, 6.07) is 18.8. The van der Waals surface area contributed by atoms with Crippen molar-refractivity contribution >= 4 is 11.9 Å². The van der Waals surface area contributed by atoms with Gasteiger partial charge >= 0.3 is 12.3 Å². The van der Waals surface area contributed by atoms with Crippen molar-refractivity contribution in [1.82, 2.24) is 14.8 Å². The van der Waals surface area contributed by atoms with Gasteiger partial charge in [-0.3, -0.25) is 15.2 Å². The second kappa shape index (κ2) is 8.22. The van der Waals surface area contributed by atoms with E-state index < -0.39 is 23.4 Å². The van der Waals surface area contributed by atoms with E-state index in [9.17, 15) is 22.8 Å². The number of H-pyrrole nitrogens is 1. The van der Waals surface area contributed by atoms with Crippen molar-refractivity contribution in [2.75, 3.05) is 11.9 Å². The summed E-state index contributed by atoms with van der Waals surface area (Å²) in [7, 11) is 0. The summed E-state index contributed by atoms with van der Waals surface area (Å²) in [6.45, 7) is 0.0625. The number of anilines is 1. The minimum atomic E-state index is -4.54. The van der Waals surface area contributed by atoms with Crippen LogP contribution in [-0.4, -0.2) is 27.5 Å². The summed E-state index contributed by atoms with van der Waals surface area (Å²) in [4.78, 5) is 28.1. The molecule has 7 nitrogen and oxygen atoms in total. The van der Waals surface area contributed by atoms with Crippen molar-refractivity contribution in [3.8, 4) is 16.9 Å². The number of aromatic nitrogens is 3. The number of amides is 1. The van der Waals surface area contributed by atoms with Crippen LogP contribution in [0, 0.1) is 0 Å². The summed E-state index contributed by atoms with van der Waals surface area (Å²) >= 11 is 0. The zero-order valence-corrected chi connectivity index (χ0v) is 17.5. The van der Waals surface area contributed by atoms with Crippen LogP contribution in [0.4, 0.5) is 23.8 Å². The molecule has 2 heterocycles.